The van der Waals surface area contributed by atoms with Gasteiger partial charge in [0.15, 0.2) is 0 Å². The summed E-state index contributed by atoms with van der Waals surface area (Å²) in [6.07, 6.45) is 2.03. The molecule has 4 aromatic heterocycles. The Hall–Kier alpha value is -5.23. The Bertz CT molecular complexity index is 2640. The molecule has 0 unspecified atom stereocenters. The van der Waals surface area contributed by atoms with Crippen LogP contribution in [0.3, 0.4) is 0 Å². The van der Waals surface area contributed by atoms with Crippen LogP contribution in [-0.4, -0.2) is 4.98 Å². The van der Waals surface area contributed by atoms with Crippen LogP contribution >= 0.6 is 22.7 Å². The number of fused-ring (bicyclic) bond motifs is 10. The summed E-state index contributed by atoms with van der Waals surface area (Å²) in [6, 6.07) is 45.6. The summed E-state index contributed by atoms with van der Waals surface area (Å²) in [5, 5.41) is 9.82. The quantitative estimate of drug-likeness (QED) is 0.203. The van der Waals surface area contributed by atoms with Gasteiger partial charge in [-0.3, -0.25) is 4.90 Å². The number of furan rings is 1. The summed E-state index contributed by atoms with van der Waals surface area (Å²) in [5.41, 5.74) is 3.84. The van der Waals surface area contributed by atoms with E-state index in [1.165, 1.54) is 51.1 Å². The molecule has 0 saturated heterocycles. The fourth-order valence-electron chi connectivity index (χ4n) is 6.60. The van der Waals surface area contributed by atoms with Gasteiger partial charge in [0, 0.05) is 64.4 Å². The Kier molecular flexibility index (Phi) is 5.03. The minimum Gasteiger partial charge on any atom is -0.456 e. The van der Waals surface area contributed by atoms with Crippen LogP contribution in [-0.2, 0) is 0 Å². The van der Waals surface area contributed by atoms with E-state index in [9.17, 15) is 0 Å². The molecule has 0 aliphatic carbocycles. The van der Waals surface area contributed by atoms with E-state index >= 15 is 0 Å². The number of hydrogen-bond acceptors (Lipinski definition) is 5. The number of rotatable bonds is 3. The van der Waals surface area contributed by atoms with Gasteiger partial charge in [-0.1, -0.05) is 66.7 Å². The molecule has 10 rings (SSSR count). The first-order valence-corrected chi connectivity index (χ1v) is 16.2. The van der Waals surface area contributed by atoms with Gasteiger partial charge in [-0.2, -0.15) is 0 Å². The zero-order valence-corrected chi connectivity index (χ0v) is 25.0. The molecule has 4 heterocycles. The summed E-state index contributed by atoms with van der Waals surface area (Å²) in [6.45, 7) is 0. The fraction of sp³-hybridized carbons (Fsp3) is 0. The van der Waals surface area contributed by atoms with Gasteiger partial charge in [0.1, 0.15) is 17.0 Å². The van der Waals surface area contributed by atoms with Crippen molar-refractivity contribution in [3.63, 3.8) is 0 Å². The van der Waals surface area contributed by atoms with E-state index in [4.69, 9.17) is 9.40 Å². The molecule has 10 aromatic rings. The molecule has 3 nitrogen and oxygen atoms in total. The molecular formula is C39H22N2OS2. The molecule has 206 valence electrons. The Balaban J connectivity index is 1.22. The third-order valence-electron chi connectivity index (χ3n) is 8.68. The normalized spacial score (nSPS) is 12.1. The minimum atomic E-state index is 0.866. The molecule has 0 aliphatic heterocycles. The van der Waals surface area contributed by atoms with Crippen molar-refractivity contribution in [2.75, 3.05) is 4.90 Å². The first-order valence-electron chi connectivity index (χ1n) is 14.6. The molecule has 0 radical (unpaired) electrons. The number of thiophene rings is 2. The van der Waals surface area contributed by atoms with E-state index in [0.29, 0.717) is 0 Å². The predicted octanol–water partition coefficient (Wildman–Crippen LogP) is 12.3. The first-order chi connectivity index (χ1) is 21.8. The first kappa shape index (κ1) is 24.2. The van der Waals surface area contributed by atoms with Crippen molar-refractivity contribution in [3.8, 4) is 0 Å². The van der Waals surface area contributed by atoms with Crippen molar-refractivity contribution < 1.29 is 4.42 Å². The van der Waals surface area contributed by atoms with Crippen molar-refractivity contribution in [2.45, 2.75) is 0 Å². The molecule has 0 amide bonds. The molecule has 0 bridgehead atoms. The van der Waals surface area contributed by atoms with Crippen LogP contribution < -0.4 is 4.90 Å². The minimum absolute atomic E-state index is 0.866. The van der Waals surface area contributed by atoms with Crippen LogP contribution in [0.5, 0.6) is 0 Å². The molecule has 0 atom stereocenters. The second-order valence-electron chi connectivity index (χ2n) is 11.2. The monoisotopic (exact) mass is 598 g/mol. The van der Waals surface area contributed by atoms with Gasteiger partial charge in [-0.15, -0.1) is 22.7 Å². The van der Waals surface area contributed by atoms with Gasteiger partial charge >= 0.3 is 0 Å². The van der Waals surface area contributed by atoms with E-state index in [-0.39, 0.29) is 0 Å². The van der Waals surface area contributed by atoms with Crippen LogP contribution in [0.1, 0.15) is 0 Å². The molecule has 0 saturated carbocycles. The van der Waals surface area contributed by atoms with Crippen molar-refractivity contribution in [2.24, 2.45) is 0 Å². The molecule has 0 aliphatic rings. The summed E-state index contributed by atoms with van der Waals surface area (Å²) in [5.74, 6) is 0.876. The van der Waals surface area contributed by atoms with E-state index in [1.54, 1.807) is 11.3 Å². The number of aromatic nitrogens is 1. The number of pyridine rings is 1. The van der Waals surface area contributed by atoms with Crippen LogP contribution in [0.4, 0.5) is 17.2 Å². The SMILES string of the molecule is c1ccc2cc3c(cc2c1)sc1cnc(N(c2ccc4c(c2)oc2ccccc24)c2ccc4c(c2)sc2ccccc24)cc13. The number of hydrogen-bond donors (Lipinski definition) is 0. The lowest BCUT2D eigenvalue weighted by Gasteiger charge is -2.24. The highest BCUT2D eigenvalue weighted by Gasteiger charge is 2.19. The number of nitrogens with zero attached hydrogens (tertiary/aromatic N) is 2. The van der Waals surface area contributed by atoms with Gasteiger partial charge in [0.25, 0.3) is 0 Å². The van der Waals surface area contributed by atoms with E-state index < -0.39 is 0 Å². The Morgan fingerprint density at radius 1 is 0.455 bits per heavy atom. The van der Waals surface area contributed by atoms with Gasteiger partial charge in [0.05, 0.1) is 10.4 Å². The van der Waals surface area contributed by atoms with Gasteiger partial charge < -0.3 is 4.42 Å². The zero-order valence-electron chi connectivity index (χ0n) is 23.3. The highest BCUT2D eigenvalue weighted by molar-refractivity contribution is 7.26. The summed E-state index contributed by atoms with van der Waals surface area (Å²) in [4.78, 5) is 7.34. The largest absolute Gasteiger partial charge is 0.456 e. The lowest BCUT2D eigenvalue weighted by Crippen LogP contribution is -2.11. The van der Waals surface area contributed by atoms with Gasteiger partial charge in [0.2, 0.25) is 0 Å². The van der Waals surface area contributed by atoms with Crippen LogP contribution in [0.15, 0.2) is 138 Å². The Labute approximate surface area is 259 Å². The molecule has 6 aromatic carbocycles. The van der Waals surface area contributed by atoms with Gasteiger partial charge in [-0.05, 0) is 65.4 Å². The molecule has 0 N–H and O–H groups in total. The maximum atomic E-state index is 6.34. The zero-order chi connectivity index (χ0) is 28.8. The summed E-state index contributed by atoms with van der Waals surface area (Å²) < 4.78 is 11.4. The van der Waals surface area contributed by atoms with Crippen molar-refractivity contribution in [3.05, 3.63) is 134 Å². The van der Waals surface area contributed by atoms with Crippen LogP contribution in [0.25, 0.3) is 73.1 Å². The number of anilines is 3. The fourth-order valence-corrected chi connectivity index (χ4v) is 8.82. The Morgan fingerprint density at radius 3 is 2.00 bits per heavy atom. The van der Waals surface area contributed by atoms with Crippen molar-refractivity contribution in [1.29, 1.82) is 0 Å². The standard InChI is InChI=1S/C39H22N2OS2/c1-2-8-24-18-36-31(17-23(24)7-1)32-21-39(40-22-38(32)44-36)41(25-13-15-28-27-9-3-5-11-33(27)42-34(28)19-25)26-14-16-30-29-10-4-6-12-35(29)43-37(30)20-26/h1-22H. The average Bonchev–Trinajstić information content (AvgIpc) is 3.74. The molecule has 0 spiro atoms. The maximum Gasteiger partial charge on any atom is 0.138 e. The highest BCUT2D eigenvalue weighted by atomic mass is 32.1. The van der Waals surface area contributed by atoms with Crippen LogP contribution in [0.2, 0.25) is 0 Å². The third kappa shape index (κ3) is 3.57. The molecule has 0 fully saturated rings. The van der Waals surface area contributed by atoms with Crippen LogP contribution in [0, 0.1) is 0 Å². The maximum absolute atomic E-state index is 6.34. The summed E-state index contributed by atoms with van der Waals surface area (Å²) >= 11 is 3.63. The lowest BCUT2D eigenvalue weighted by atomic mass is 10.1. The molecule has 44 heavy (non-hydrogen) atoms. The summed E-state index contributed by atoms with van der Waals surface area (Å²) in [7, 11) is 0. The predicted molar refractivity (Wildman–Crippen MR) is 189 cm³/mol. The van der Waals surface area contributed by atoms with Gasteiger partial charge in [-0.25, -0.2) is 4.98 Å². The van der Waals surface area contributed by atoms with Crippen molar-refractivity contribution in [1.82, 2.24) is 4.98 Å². The second kappa shape index (κ2) is 9.13. The van der Waals surface area contributed by atoms with E-state index in [1.807, 2.05) is 29.7 Å². The lowest BCUT2D eigenvalue weighted by molar-refractivity contribution is 0.669. The third-order valence-corrected chi connectivity index (χ3v) is 10.9. The number of para-hydroxylation sites is 1. The van der Waals surface area contributed by atoms with Crippen molar-refractivity contribution >= 4 is 113 Å². The average molecular weight is 599 g/mol. The van der Waals surface area contributed by atoms with E-state index in [2.05, 4.69) is 120 Å². The smallest absolute Gasteiger partial charge is 0.138 e. The molecular weight excluding hydrogens is 577 g/mol. The highest BCUT2D eigenvalue weighted by Crippen LogP contribution is 2.44. The molecule has 5 heteroatoms. The number of benzene rings is 6. The topological polar surface area (TPSA) is 29.3 Å². The Morgan fingerprint density at radius 2 is 1.09 bits per heavy atom. The second-order valence-corrected chi connectivity index (χ2v) is 13.4. The van der Waals surface area contributed by atoms with E-state index in [0.717, 1.165) is 39.1 Å².